The average Bonchev–Trinajstić information content (AvgIpc) is 2.97. The van der Waals surface area contributed by atoms with Crippen LogP contribution < -0.4 is 11.0 Å². The standard InChI is InChI=1S/C18H16F3N3O3/c19-12-4-10(5-13(20)16(12)21)3-11(17(25)26)8-22-7-9-1-2-14-15(6-9)24-18(27)23-14/h1-2,4-6,11,22H,3,7-8H2,(H,25,26)(H2,23,24,27). The molecule has 0 aliphatic rings. The monoisotopic (exact) mass is 379 g/mol. The molecule has 0 saturated heterocycles. The molecule has 0 aliphatic heterocycles. The zero-order valence-electron chi connectivity index (χ0n) is 14.0. The fourth-order valence-electron chi connectivity index (χ4n) is 2.84. The number of halogens is 3. The van der Waals surface area contributed by atoms with E-state index in [9.17, 15) is 27.9 Å². The Morgan fingerprint density at radius 1 is 1.04 bits per heavy atom. The molecule has 0 aliphatic carbocycles. The Bertz CT molecular complexity index is 1020. The van der Waals surface area contributed by atoms with Crippen molar-refractivity contribution in [2.24, 2.45) is 5.92 Å². The van der Waals surface area contributed by atoms with Gasteiger partial charge in [0.15, 0.2) is 17.5 Å². The van der Waals surface area contributed by atoms with Gasteiger partial charge >= 0.3 is 11.7 Å². The van der Waals surface area contributed by atoms with E-state index in [1.165, 1.54) is 0 Å². The van der Waals surface area contributed by atoms with Crippen molar-refractivity contribution in [2.75, 3.05) is 6.54 Å². The fraction of sp³-hybridized carbons (Fsp3) is 0.222. The van der Waals surface area contributed by atoms with Crippen LogP contribution in [0.3, 0.4) is 0 Å². The minimum Gasteiger partial charge on any atom is -0.481 e. The summed E-state index contributed by atoms with van der Waals surface area (Å²) in [6.07, 6.45) is -0.152. The van der Waals surface area contributed by atoms with Crippen molar-refractivity contribution < 1.29 is 23.1 Å². The van der Waals surface area contributed by atoms with Crippen LogP contribution in [-0.2, 0) is 17.8 Å². The molecule has 2 aromatic carbocycles. The van der Waals surface area contributed by atoms with E-state index in [2.05, 4.69) is 15.3 Å². The van der Waals surface area contributed by atoms with Crippen LogP contribution in [0.2, 0.25) is 0 Å². The summed E-state index contributed by atoms with van der Waals surface area (Å²) < 4.78 is 39.6. The Morgan fingerprint density at radius 3 is 2.37 bits per heavy atom. The van der Waals surface area contributed by atoms with Crippen LogP contribution in [0, 0.1) is 23.4 Å². The van der Waals surface area contributed by atoms with E-state index in [0.29, 0.717) is 17.6 Å². The molecule has 0 bridgehead atoms. The molecular formula is C18H16F3N3O3. The molecule has 0 fully saturated rings. The van der Waals surface area contributed by atoms with Gasteiger partial charge in [0.25, 0.3) is 0 Å². The molecule has 0 radical (unpaired) electrons. The van der Waals surface area contributed by atoms with Gasteiger partial charge in [-0.2, -0.15) is 0 Å². The molecule has 6 nitrogen and oxygen atoms in total. The zero-order chi connectivity index (χ0) is 19.6. The molecule has 3 rings (SSSR count). The molecule has 4 N–H and O–H groups in total. The number of imidazole rings is 1. The van der Waals surface area contributed by atoms with Crippen molar-refractivity contribution in [3.63, 3.8) is 0 Å². The van der Waals surface area contributed by atoms with E-state index in [0.717, 1.165) is 17.7 Å². The summed E-state index contributed by atoms with van der Waals surface area (Å²) in [4.78, 5) is 27.9. The molecule has 1 atom stereocenters. The lowest BCUT2D eigenvalue weighted by Gasteiger charge is -2.14. The number of carboxylic acid groups (broad SMARTS) is 1. The number of aliphatic carboxylic acids is 1. The minimum atomic E-state index is -1.58. The van der Waals surface area contributed by atoms with E-state index >= 15 is 0 Å². The van der Waals surface area contributed by atoms with E-state index in [-0.39, 0.29) is 24.2 Å². The number of carbonyl (C=O) groups is 1. The summed E-state index contributed by atoms with van der Waals surface area (Å²) in [5, 5.41) is 12.3. The van der Waals surface area contributed by atoms with E-state index in [1.807, 2.05) is 0 Å². The van der Waals surface area contributed by atoms with Crippen molar-refractivity contribution in [1.29, 1.82) is 0 Å². The summed E-state index contributed by atoms with van der Waals surface area (Å²) in [6, 6.07) is 6.85. The quantitative estimate of drug-likeness (QED) is 0.474. The molecule has 3 aromatic rings. The van der Waals surface area contributed by atoms with Crippen molar-refractivity contribution in [1.82, 2.24) is 15.3 Å². The first-order valence-electron chi connectivity index (χ1n) is 8.11. The smallest absolute Gasteiger partial charge is 0.323 e. The van der Waals surface area contributed by atoms with Gasteiger partial charge in [-0.25, -0.2) is 18.0 Å². The number of hydrogen-bond donors (Lipinski definition) is 4. The van der Waals surface area contributed by atoms with Crippen LogP contribution in [-0.4, -0.2) is 27.6 Å². The summed E-state index contributed by atoms with van der Waals surface area (Å²) in [6.45, 7) is 0.372. The molecule has 1 heterocycles. The summed E-state index contributed by atoms with van der Waals surface area (Å²) in [7, 11) is 0. The normalized spacial score (nSPS) is 12.4. The number of nitrogens with one attached hydrogen (secondary N) is 3. The maximum atomic E-state index is 13.3. The average molecular weight is 379 g/mol. The predicted molar refractivity (Wildman–Crippen MR) is 91.8 cm³/mol. The third-order valence-corrected chi connectivity index (χ3v) is 4.18. The summed E-state index contributed by atoms with van der Waals surface area (Å²) in [5.41, 5.74) is 1.85. The minimum absolute atomic E-state index is 0.0393. The second-order valence-corrected chi connectivity index (χ2v) is 6.20. The highest BCUT2D eigenvalue weighted by molar-refractivity contribution is 5.75. The molecule has 0 spiro atoms. The van der Waals surface area contributed by atoms with Gasteiger partial charge in [-0.1, -0.05) is 6.07 Å². The van der Waals surface area contributed by atoms with Crippen LogP contribution in [0.5, 0.6) is 0 Å². The first-order valence-corrected chi connectivity index (χ1v) is 8.11. The first kappa shape index (κ1) is 18.7. The van der Waals surface area contributed by atoms with Gasteiger partial charge < -0.3 is 20.4 Å². The van der Waals surface area contributed by atoms with Crippen molar-refractivity contribution in [3.8, 4) is 0 Å². The van der Waals surface area contributed by atoms with E-state index in [4.69, 9.17) is 0 Å². The van der Waals surface area contributed by atoms with E-state index in [1.54, 1.807) is 18.2 Å². The molecule has 0 saturated carbocycles. The third-order valence-electron chi connectivity index (χ3n) is 4.18. The molecule has 1 aromatic heterocycles. The highest BCUT2D eigenvalue weighted by Gasteiger charge is 2.20. The number of benzene rings is 2. The lowest BCUT2D eigenvalue weighted by Crippen LogP contribution is -2.30. The maximum absolute atomic E-state index is 13.3. The number of aromatic amines is 2. The highest BCUT2D eigenvalue weighted by atomic mass is 19.2. The number of fused-ring (bicyclic) bond motifs is 1. The SMILES string of the molecule is O=C(O)C(CNCc1ccc2[nH]c(=O)[nH]c2c1)Cc1cc(F)c(F)c(F)c1. The van der Waals surface area contributed by atoms with Gasteiger partial charge in [-0.3, -0.25) is 4.79 Å². The molecule has 1 unspecified atom stereocenters. The molecule has 0 amide bonds. The Labute approximate surface area is 151 Å². The Kier molecular flexibility index (Phi) is 5.31. The van der Waals surface area contributed by atoms with Crippen LogP contribution >= 0.6 is 0 Å². The van der Waals surface area contributed by atoms with Crippen LogP contribution in [0.25, 0.3) is 11.0 Å². The number of H-pyrrole nitrogens is 2. The number of rotatable bonds is 7. The third kappa shape index (κ3) is 4.37. The molecule has 9 heteroatoms. The summed E-state index contributed by atoms with van der Waals surface area (Å²) in [5.74, 6) is -6.38. The van der Waals surface area contributed by atoms with Crippen molar-refractivity contribution in [3.05, 3.63) is 69.4 Å². The number of carboxylic acids is 1. The topological polar surface area (TPSA) is 98.0 Å². The summed E-state index contributed by atoms with van der Waals surface area (Å²) >= 11 is 0. The van der Waals surface area contributed by atoms with Gasteiger partial charge in [0.2, 0.25) is 0 Å². The van der Waals surface area contributed by atoms with Gasteiger partial charge in [-0.15, -0.1) is 0 Å². The first-order chi connectivity index (χ1) is 12.8. The van der Waals surface area contributed by atoms with Crippen molar-refractivity contribution in [2.45, 2.75) is 13.0 Å². The Balaban J connectivity index is 1.64. The number of aromatic nitrogens is 2. The van der Waals surface area contributed by atoms with Crippen molar-refractivity contribution >= 4 is 17.0 Å². The van der Waals surface area contributed by atoms with Crippen LogP contribution in [0.1, 0.15) is 11.1 Å². The number of hydrogen-bond acceptors (Lipinski definition) is 3. The Morgan fingerprint density at radius 2 is 1.70 bits per heavy atom. The van der Waals surface area contributed by atoms with Gasteiger partial charge in [0.05, 0.1) is 17.0 Å². The largest absolute Gasteiger partial charge is 0.481 e. The van der Waals surface area contributed by atoms with Gasteiger partial charge in [-0.05, 0) is 41.8 Å². The second-order valence-electron chi connectivity index (χ2n) is 6.20. The van der Waals surface area contributed by atoms with Gasteiger partial charge in [0, 0.05) is 13.1 Å². The Hall–Kier alpha value is -3.07. The fourth-order valence-corrected chi connectivity index (χ4v) is 2.84. The van der Waals surface area contributed by atoms with Gasteiger partial charge in [0.1, 0.15) is 0 Å². The predicted octanol–water partition coefficient (Wildman–Crippen LogP) is 2.31. The maximum Gasteiger partial charge on any atom is 0.323 e. The molecule has 27 heavy (non-hydrogen) atoms. The highest BCUT2D eigenvalue weighted by Crippen LogP contribution is 2.17. The molecule has 142 valence electrons. The van der Waals surface area contributed by atoms with E-state index < -0.39 is 29.3 Å². The lowest BCUT2D eigenvalue weighted by atomic mass is 9.99. The zero-order valence-corrected chi connectivity index (χ0v) is 14.0. The molecular weight excluding hydrogens is 363 g/mol. The van der Waals surface area contributed by atoms with Crippen LogP contribution in [0.15, 0.2) is 35.1 Å². The van der Waals surface area contributed by atoms with Crippen LogP contribution in [0.4, 0.5) is 13.2 Å². The second kappa shape index (κ2) is 7.67. The lowest BCUT2D eigenvalue weighted by molar-refractivity contribution is -0.141.